The Morgan fingerprint density at radius 3 is 2.50 bits per heavy atom. The molecule has 0 fully saturated rings. The van der Waals surface area contributed by atoms with E-state index in [0.717, 1.165) is 17.0 Å². The molecule has 0 aliphatic rings. The van der Waals surface area contributed by atoms with Crippen LogP contribution in [0.15, 0.2) is 36.4 Å². The lowest BCUT2D eigenvalue weighted by atomic mass is 10.1. The van der Waals surface area contributed by atoms with Crippen LogP contribution in [0.3, 0.4) is 0 Å². The molecule has 16 heavy (non-hydrogen) atoms. The monoisotopic (exact) mass is 214 g/mol. The molecule has 0 amide bonds. The van der Waals surface area contributed by atoms with Crippen molar-refractivity contribution in [3.8, 4) is 11.3 Å². The number of anilines is 1. The Balaban J connectivity index is 2.41. The quantitative estimate of drug-likeness (QED) is 0.805. The standard InChI is InChI=1S/C12H14N4/c13-7-6-10-8-11(16-12(14)15-10)9-4-2-1-3-5-9/h1-5,8H,6-7,13H2,(H2,14,15,16). The molecule has 0 atom stereocenters. The lowest BCUT2D eigenvalue weighted by molar-refractivity contribution is 0.916. The van der Waals surface area contributed by atoms with Crippen molar-refractivity contribution in [1.82, 2.24) is 9.97 Å². The smallest absolute Gasteiger partial charge is 0.220 e. The highest BCUT2D eigenvalue weighted by Gasteiger charge is 2.03. The Morgan fingerprint density at radius 2 is 1.81 bits per heavy atom. The van der Waals surface area contributed by atoms with Crippen LogP contribution >= 0.6 is 0 Å². The van der Waals surface area contributed by atoms with Crippen LogP contribution in [0.25, 0.3) is 11.3 Å². The molecule has 4 heteroatoms. The topological polar surface area (TPSA) is 77.8 Å². The zero-order valence-electron chi connectivity index (χ0n) is 8.93. The van der Waals surface area contributed by atoms with Gasteiger partial charge in [-0.2, -0.15) is 0 Å². The van der Waals surface area contributed by atoms with Crippen molar-refractivity contribution in [1.29, 1.82) is 0 Å². The lowest BCUT2D eigenvalue weighted by Crippen LogP contribution is -2.07. The van der Waals surface area contributed by atoms with E-state index in [1.165, 1.54) is 0 Å². The van der Waals surface area contributed by atoms with Crippen LogP contribution in [0.1, 0.15) is 5.69 Å². The maximum Gasteiger partial charge on any atom is 0.220 e. The Kier molecular flexibility index (Phi) is 3.12. The van der Waals surface area contributed by atoms with Crippen molar-refractivity contribution in [3.63, 3.8) is 0 Å². The van der Waals surface area contributed by atoms with Gasteiger partial charge in [0.05, 0.1) is 5.69 Å². The van der Waals surface area contributed by atoms with Crippen LogP contribution in [0.2, 0.25) is 0 Å². The van der Waals surface area contributed by atoms with Crippen molar-refractivity contribution in [3.05, 3.63) is 42.1 Å². The number of hydrogen-bond acceptors (Lipinski definition) is 4. The van der Waals surface area contributed by atoms with Crippen LogP contribution in [0, 0.1) is 0 Å². The predicted octanol–water partition coefficient (Wildman–Crippen LogP) is 1.23. The zero-order valence-corrected chi connectivity index (χ0v) is 8.93. The first-order valence-corrected chi connectivity index (χ1v) is 5.18. The molecule has 0 saturated carbocycles. The van der Waals surface area contributed by atoms with Crippen LogP contribution in [0.5, 0.6) is 0 Å². The van der Waals surface area contributed by atoms with Crippen LogP contribution in [0.4, 0.5) is 5.95 Å². The first kappa shape index (κ1) is 10.6. The van der Waals surface area contributed by atoms with Gasteiger partial charge >= 0.3 is 0 Å². The second-order valence-electron chi connectivity index (χ2n) is 3.51. The molecule has 0 saturated heterocycles. The highest BCUT2D eigenvalue weighted by atomic mass is 15.0. The summed E-state index contributed by atoms with van der Waals surface area (Å²) in [4.78, 5) is 8.35. The molecule has 1 aromatic carbocycles. The third-order valence-corrected chi connectivity index (χ3v) is 2.27. The summed E-state index contributed by atoms with van der Waals surface area (Å²) in [6.07, 6.45) is 0.715. The minimum Gasteiger partial charge on any atom is -0.368 e. The maximum atomic E-state index is 5.66. The summed E-state index contributed by atoms with van der Waals surface area (Å²) in [6, 6.07) is 11.8. The minimum atomic E-state index is 0.296. The molecule has 0 bridgehead atoms. The van der Waals surface area contributed by atoms with Gasteiger partial charge in [0.1, 0.15) is 0 Å². The predicted molar refractivity (Wildman–Crippen MR) is 64.6 cm³/mol. The molecule has 4 nitrogen and oxygen atoms in total. The van der Waals surface area contributed by atoms with Gasteiger partial charge in [0.15, 0.2) is 0 Å². The number of nitrogens with zero attached hydrogens (tertiary/aromatic N) is 2. The lowest BCUT2D eigenvalue weighted by Gasteiger charge is -2.04. The van der Waals surface area contributed by atoms with E-state index in [1.807, 2.05) is 36.4 Å². The number of rotatable bonds is 3. The number of aromatic nitrogens is 2. The number of benzene rings is 1. The summed E-state index contributed by atoms with van der Waals surface area (Å²) in [5, 5.41) is 0. The van der Waals surface area contributed by atoms with E-state index >= 15 is 0 Å². The average Bonchev–Trinajstić information content (AvgIpc) is 2.30. The van der Waals surface area contributed by atoms with E-state index in [-0.39, 0.29) is 0 Å². The molecule has 1 aromatic heterocycles. The van der Waals surface area contributed by atoms with E-state index in [0.29, 0.717) is 18.9 Å². The number of nitrogen functional groups attached to an aromatic ring is 1. The maximum absolute atomic E-state index is 5.66. The molecule has 1 heterocycles. The van der Waals surface area contributed by atoms with E-state index < -0.39 is 0 Å². The third kappa shape index (κ3) is 2.35. The highest BCUT2D eigenvalue weighted by Crippen LogP contribution is 2.17. The molecule has 0 spiro atoms. The molecule has 2 rings (SSSR count). The first-order chi connectivity index (χ1) is 7.79. The molecule has 4 N–H and O–H groups in total. The second-order valence-corrected chi connectivity index (χ2v) is 3.51. The van der Waals surface area contributed by atoms with E-state index in [9.17, 15) is 0 Å². The Morgan fingerprint density at radius 1 is 1.06 bits per heavy atom. The fraction of sp³-hybridized carbons (Fsp3) is 0.167. The summed E-state index contributed by atoms with van der Waals surface area (Å²) in [5.41, 5.74) is 13.9. The van der Waals surface area contributed by atoms with Crippen molar-refractivity contribution in [2.75, 3.05) is 12.3 Å². The van der Waals surface area contributed by atoms with E-state index in [1.54, 1.807) is 0 Å². The van der Waals surface area contributed by atoms with Gasteiger partial charge in [0.2, 0.25) is 5.95 Å². The summed E-state index contributed by atoms with van der Waals surface area (Å²) in [6.45, 7) is 0.560. The van der Waals surface area contributed by atoms with E-state index in [2.05, 4.69) is 9.97 Å². The van der Waals surface area contributed by atoms with E-state index in [4.69, 9.17) is 11.5 Å². The fourth-order valence-corrected chi connectivity index (χ4v) is 1.55. The van der Waals surface area contributed by atoms with Crippen molar-refractivity contribution in [2.45, 2.75) is 6.42 Å². The Hall–Kier alpha value is -1.94. The number of hydrogen-bond donors (Lipinski definition) is 2. The number of nitrogens with two attached hydrogens (primary N) is 2. The molecule has 0 aliphatic carbocycles. The van der Waals surface area contributed by atoms with Crippen molar-refractivity contribution < 1.29 is 0 Å². The first-order valence-electron chi connectivity index (χ1n) is 5.18. The second kappa shape index (κ2) is 4.72. The molecule has 0 radical (unpaired) electrons. The van der Waals surface area contributed by atoms with Gasteiger partial charge in [-0.3, -0.25) is 0 Å². The molecule has 0 aliphatic heterocycles. The van der Waals surface area contributed by atoms with Gasteiger partial charge in [-0.1, -0.05) is 30.3 Å². The van der Waals surface area contributed by atoms with Crippen molar-refractivity contribution in [2.24, 2.45) is 5.73 Å². The van der Waals surface area contributed by atoms with Crippen LogP contribution in [-0.2, 0) is 6.42 Å². The van der Waals surface area contributed by atoms with Crippen LogP contribution < -0.4 is 11.5 Å². The van der Waals surface area contributed by atoms with Gasteiger partial charge in [-0.15, -0.1) is 0 Å². The average molecular weight is 214 g/mol. The normalized spacial score (nSPS) is 10.3. The Labute approximate surface area is 94.3 Å². The molecule has 0 unspecified atom stereocenters. The summed E-state index contributed by atoms with van der Waals surface area (Å²) >= 11 is 0. The van der Waals surface area contributed by atoms with Gasteiger partial charge in [0, 0.05) is 17.7 Å². The van der Waals surface area contributed by atoms with Gasteiger partial charge in [-0.25, -0.2) is 9.97 Å². The Bertz CT molecular complexity index is 468. The molecule has 82 valence electrons. The van der Waals surface area contributed by atoms with Gasteiger partial charge in [-0.05, 0) is 12.6 Å². The molecular formula is C12H14N4. The van der Waals surface area contributed by atoms with Crippen molar-refractivity contribution >= 4 is 5.95 Å². The summed E-state index contributed by atoms with van der Waals surface area (Å²) < 4.78 is 0. The van der Waals surface area contributed by atoms with Gasteiger partial charge in [0.25, 0.3) is 0 Å². The molecular weight excluding hydrogens is 200 g/mol. The summed E-state index contributed by atoms with van der Waals surface area (Å²) in [5.74, 6) is 0.296. The summed E-state index contributed by atoms with van der Waals surface area (Å²) in [7, 11) is 0. The third-order valence-electron chi connectivity index (χ3n) is 2.27. The minimum absolute atomic E-state index is 0.296. The van der Waals surface area contributed by atoms with Gasteiger partial charge < -0.3 is 11.5 Å². The SMILES string of the molecule is NCCc1cc(-c2ccccc2)nc(N)n1. The molecule has 2 aromatic rings. The highest BCUT2D eigenvalue weighted by molar-refractivity contribution is 5.60. The largest absolute Gasteiger partial charge is 0.368 e. The zero-order chi connectivity index (χ0) is 11.4. The fourth-order valence-electron chi connectivity index (χ4n) is 1.55. The van der Waals surface area contributed by atoms with Crippen LogP contribution in [-0.4, -0.2) is 16.5 Å².